The molecule has 0 radical (unpaired) electrons. The Labute approximate surface area is 170 Å². The van der Waals surface area contributed by atoms with E-state index in [-0.39, 0.29) is 11.6 Å². The second-order valence-electron chi connectivity index (χ2n) is 7.28. The number of nitrogens with zero attached hydrogens (tertiary/aromatic N) is 1. The molecule has 0 aliphatic carbocycles. The highest BCUT2D eigenvalue weighted by atomic mass is 32.2. The molecule has 2 N–H and O–H groups in total. The number of sulfonamides is 1. The van der Waals surface area contributed by atoms with Crippen molar-refractivity contribution in [2.45, 2.75) is 50.8 Å². The second kappa shape index (κ2) is 9.82. The van der Waals surface area contributed by atoms with Crippen molar-refractivity contribution in [3.63, 3.8) is 0 Å². The van der Waals surface area contributed by atoms with Crippen LogP contribution in [0.3, 0.4) is 0 Å². The zero-order valence-corrected chi connectivity index (χ0v) is 17.7. The van der Waals surface area contributed by atoms with E-state index in [1.54, 1.807) is 18.2 Å². The summed E-state index contributed by atoms with van der Waals surface area (Å²) in [5.74, 6) is 0. The molecule has 0 amide bonds. The molecule has 158 valence electrons. The lowest BCUT2D eigenvalue weighted by Gasteiger charge is -2.26. The van der Waals surface area contributed by atoms with Gasteiger partial charge in [-0.2, -0.15) is 0 Å². The van der Waals surface area contributed by atoms with Crippen molar-refractivity contribution in [1.82, 2.24) is 14.3 Å². The summed E-state index contributed by atoms with van der Waals surface area (Å²) < 4.78 is 34.9. The van der Waals surface area contributed by atoms with Gasteiger partial charge in [0.15, 0.2) is 0 Å². The van der Waals surface area contributed by atoms with E-state index in [2.05, 4.69) is 9.71 Å². The first-order valence-electron chi connectivity index (χ1n) is 9.27. The summed E-state index contributed by atoms with van der Waals surface area (Å²) in [5.41, 5.74) is -0.852. The Morgan fingerprint density at radius 2 is 2.00 bits per heavy atom. The van der Waals surface area contributed by atoms with Crippen LogP contribution in [0.1, 0.15) is 39.2 Å². The summed E-state index contributed by atoms with van der Waals surface area (Å²) >= 11 is 0. The minimum atomic E-state index is -3.66. The third kappa shape index (κ3) is 7.12. The SMILES string of the molecule is C/C=C/c1cccc(S(=O)(=O)NC(C)(C)CCCOCn2ccc(=O)[nH]c2=O)c1. The number of aromatic amines is 1. The molecule has 0 saturated heterocycles. The van der Waals surface area contributed by atoms with Crippen LogP contribution in [-0.4, -0.2) is 30.1 Å². The second-order valence-corrected chi connectivity index (χ2v) is 8.97. The molecule has 0 atom stereocenters. The molecule has 29 heavy (non-hydrogen) atoms. The summed E-state index contributed by atoms with van der Waals surface area (Å²) in [5, 5.41) is 0. The van der Waals surface area contributed by atoms with Crippen molar-refractivity contribution in [1.29, 1.82) is 0 Å². The van der Waals surface area contributed by atoms with Gasteiger partial charge in [0, 0.05) is 24.4 Å². The molecule has 1 aromatic carbocycles. The average Bonchev–Trinajstić information content (AvgIpc) is 2.62. The number of H-pyrrole nitrogens is 1. The fraction of sp³-hybridized carbons (Fsp3) is 0.400. The van der Waals surface area contributed by atoms with E-state index in [0.29, 0.717) is 19.4 Å². The molecule has 1 aromatic heterocycles. The highest BCUT2D eigenvalue weighted by molar-refractivity contribution is 7.89. The molecular weight excluding hydrogens is 394 g/mol. The fourth-order valence-corrected chi connectivity index (χ4v) is 4.27. The van der Waals surface area contributed by atoms with Gasteiger partial charge in [-0.25, -0.2) is 17.9 Å². The third-order valence-corrected chi connectivity index (χ3v) is 5.85. The van der Waals surface area contributed by atoms with Gasteiger partial charge in [0.2, 0.25) is 10.0 Å². The number of hydrogen-bond acceptors (Lipinski definition) is 5. The Balaban J connectivity index is 1.88. The summed E-state index contributed by atoms with van der Waals surface area (Å²) in [4.78, 5) is 25.0. The first-order chi connectivity index (χ1) is 13.6. The maximum atomic E-state index is 12.7. The molecule has 0 bridgehead atoms. The van der Waals surface area contributed by atoms with E-state index in [4.69, 9.17) is 4.74 Å². The lowest BCUT2D eigenvalue weighted by molar-refractivity contribution is 0.0680. The first kappa shape index (κ1) is 22.8. The number of benzene rings is 1. The van der Waals surface area contributed by atoms with Gasteiger partial charge < -0.3 is 4.74 Å². The Morgan fingerprint density at radius 3 is 2.69 bits per heavy atom. The Hall–Kier alpha value is -2.49. The molecule has 2 rings (SSSR count). The van der Waals surface area contributed by atoms with Crippen LogP contribution in [0.25, 0.3) is 6.08 Å². The number of rotatable bonds is 10. The Bertz CT molecular complexity index is 1070. The Morgan fingerprint density at radius 1 is 1.24 bits per heavy atom. The molecule has 1 heterocycles. The molecule has 9 heteroatoms. The van der Waals surface area contributed by atoms with Crippen molar-refractivity contribution < 1.29 is 13.2 Å². The van der Waals surface area contributed by atoms with E-state index in [9.17, 15) is 18.0 Å². The van der Waals surface area contributed by atoms with Crippen LogP contribution in [0.15, 0.2) is 57.1 Å². The van der Waals surface area contributed by atoms with Crippen LogP contribution in [-0.2, 0) is 21.5 Å². The molecule has 0 aliphatic rings. The Kier molecular flexibility index (Phi) is 7.72. The maximum absolute atomic E-state index is 12.7. The minimum Gasteiger partial charge on any atom is -0.361 e. The summed E-state index contributed by atoms with van der Waals surface area (Å²) in [6.07, 6.45) is 6.19. The van der Waals surface area contributed by atoms with Gasteiger partial charge in [-0.15, -0.1) is 0 Å². The fourth-order valence-electron chi connectivity index (χ4n) is 2.78. The average molecular weight is 422 g/mol. The van der Waals surface area contributed by atoms with Crippen LogP contribution in [0, 0.1) is 0 Å². The van der Waals surface area contributed by atoms with Crippen LogP contribution in [0.4, 0.5) is 0 Å². The van der Waals surface area contributed by atoms with Crippen molar-refractivity contribution in [3.05, 3.63) is 69.0 Å². The summed E-state index contributed by atoms with van der Waals surface area (Å²) in [7, 11) is -3.66. The summed E-state index contributed by atoms with van der Waals surface area (Å²) in [6.45, 7) is 5.85. The van der Waals surface area contributed by atoms with Crippen LogP contribution >= 0.6 is 0 Å². The van der Waals surface area contributed by atoms with Crippen molar-refractivity contribution in [2.24, 2.45) is 0 Å². The van der Waals surface area contributed by atoms with Crippen molar-refractivity contribution >= 4 is 16.1 Å². The van der Waals surface area contributed by atoms with Gasteiger partial charge in [-0.1, -0.05) is 24.3 Å². The smallest absolute Gasteiger partial charge is 0.330 e. The lowest BCUT2D eigenvalue weighted by Crippen LogP contribution is -2.43. The molecular formula is C20H27N3O5S. The lowest BCUT2D eigenvalue weighted by atomic mass is 10.0. The largest absolute Gasteiger partial charge is 0.361 e. The summed E-state index contributed by atoms with van der Waals surface area (Å²) in [6, 6.07) is 7.99. The van der Waals surface area contributed by atoms with Gasteiger partial charge in [0.25, 0.3) is 5.56 Å². The quantitative estimate of drug-likeness (QED) is 0.571. The van der Waals surface area contributed by atoms with Crippen molar-refractivity contribution in [3.8, 4) is 0 Å². The number of aromatic nitrogens is 2. The normalized spacial score (nSPS) is 12.5. The molecule has 0 fully saturated rings. The van der Waals surface area contributed by atoms with E-state index in [0.717, 1.165) is 5.56 Å². The zero-order chi connectivity index (χ0) is 21.5. The van der Waals surface area contributed by atoms with Gasteiger partial charge in [0.1, 0.15) is 6.73 Å². The van der Waals surface area contributed by atoms with Crippen LogP contribution in [0.2, 0.25) is 0 Å². The van der Waals surface area contributed by atoms with Crippen molar-refractivity contribution in [2.75, 3.05) is 6.61 Å². The predicted octanol–water partition coefficient (Wildman–Crippen LogP) is 2.08. The monoisotopic (exact) mass is 421 g/mol. The molecule has 0 unspecified atom stereocenters. The highest BCUT2D eigenvalue weighted by Crippen LogP contribution is 2.18. The molecule has 0 saturated carbocycles. The topological polar surface area (TPSA) is 110 Å². The van der Waals surface area contributed by atoms with Crippen LogP contribution < -0.4 is 16.0 Å². The molecule has 8 nitrogen and oxygen atoms in total. The van der Waals surface area contributed by atoms with E-state index in [1.807, 2.05) is 39.0 Å². The van der Waals surface area contributed by atoms with Crippen LogP contribution in [0.5, 0.6) is 0 Å². The first-order valence-corrected chi connectivity index (χ1v) is 10.8. The standard InChI is InChI=1S/C20H27N3O5S/c1-4-7-16-8-5-9-17(14-16)29(26,27)22-20(2,3)11-6-13-28-15-23-12-10-18(24)21-19(23)25/h4-5,7-10,12,14,22H,6,11,13,15H2,1-3H3,(H,21,24,25)/b7-4+. The van der Waals surface area contributed by atoms with E-state index >= 15 is 0 Å². The number of nitrogens with one attached hydrogen (secondary N) is 2. The van der Waals surface area contributed by atoms with Gasteiger partial charge in [-0.3, -0.25) is 14.3 Å². The van der Waals surface area contributed by atoms with E-state index < -0.39 is 26.8 Å². The molecule has 2 aromatic rings. The molecule has 0 aliphatic heterocycles. The third-order valence-electron chi connectivity index (χ3n) is 4.16. The van der Waals surface area contributed by atoms with Gasteiger partial charge >= 0.3 is 5.69 Å². The van der Waals surface area contributed by atoms with E-state index in [1.165, 1.54) is 16.8 Å². The minimum absolute atomic E-state index is 0.0134. The zero-order valence-electron chi connectivity index (χ0n) is 16.8. The maximum Gasteiger partial charge on any atom is 0.330 e. The van der Waals surface area contributed by atoms with Gasteiger partial charge in [-0.05, 0) is 51.3 Å². The number of hydrogen-bond donors (Lipinski definition) is 2. The number of allylic oxidation sites excluding steroid dienone is 1. The number of ether oxygens (including phenoxy) is 1. The molecule has 0 spiro atoms. The predicted molar refractivity (Wildman–Crippen MR) is 112 cm³/mol. The van der Waals surface area contributed by atoms with Gasteiger partial charge in [0.05, 0.1) is 4.90 Å². The highest BCUT2D eigenvalue weighted by Gasteiger charge is 2.25.